The van der Waals surface area contributed by atoms with Crippen LogP contribution >= 0.6 is 11.6 Å². The molecular formula is C23H25ClN4. The van der Waals surface area contributed by atoms with Crippen molar-refractivity contribution in [2.24, 2.45) is 0 Å². The number of rotatable bonds is 3. The average molecular weight is 393 g/mol. The fourth-order valence-corrected chi connectivity index (χ4v) is 4.78. The third-order valence-electron chi connectivity index (χ3n) is 6.17. The van der Waals surface area contributed by atoms with Gasteiger partial charge < -0.3 is 9.88 Å². The summed E-state index contributed by atoms with van der Waals surface area (Å²) in [6.07, 6.45) is 8.18. The lowest BCUT2D eigenvalue weighted by Gasteiger charge is -2.40. The van der Waals surface area contributed by atoms with Gasteiger partial charge in [-0.15, -0.1) is 0 Å². The number of fused-ring (bicyclic) bond motifs is 1. The Hall–Kier alpha value is -2.30. The van der Waals surface area contributed by atoms with Crippen molar-refractivity contribution in [1.29, 1.82) is 0 Å². The zero-order valence-corrected chi connectivity index (χ0v) is 16.7. The Balaban J connectivity index is 1.23. The maximum atomic E-state index is 6.05. The van der Waals surface area contributed by atoms with Crippen LogP contribution in [0.3, 0.4) is 0 Å². The largest absolute Gasteiger partial charge is 0.361 e. The van der Waals surface area contributed by atoms with Crippen LogP contribution in [-0.2, 0) is 0 Å². The maximum absolute atomic E-state index is 6.05. The summed E-state index contributed by atoms with van der Waals surface area (Å²) in [6, 6.07) is 15.1. The number of aromatic amines is 1. The van der Waals surface area contributed by atoms with Gasteiger partial charge in [0.15, 0.2) is 0 Å². The minimum Gasteiger partial charge on any atom is -0.361 e. The molecule has 1 aliphatic carbocycles. The molecule has 0 spiro atoms. The second-order valence-electron chi connectivity index (χ2n) is 7.75. The number of H-pyrrole nitrogens is 1. The van der Waals surface area contributed by atoms with E-state index in [1.807, 2.05) is 12.1 Å². The molecule has 0 radical (unpaired) electrons. The monoisotopic (exact) mass is 392 g/mol. The van der Waals surface area contributed by atoms with E-state index in [1.54, 1.807) is 0 Å². The van der Waals surface area contributed by atoms with E-state index < -0.39 is 0 Å². The predicted molar refractivity (Wildman–Crippen MR) is 117 cm³/mol. The van der Waals surface area contributed by atoms with Crippen LogP contribution in [0, 0.1) is 0 Å². The van der Waals surface area contributed by atoms with Crippen molar-refractivity contribution in [3.8, 4) is 0 Å². The highest BCUT2D eigenvalue weighted by molar-refractivity contribution is 6.29. The molecule has 1 fully saturated rings. The number of para-hydroxylation sites is 1. The molecule has 1 saturated heterocycles. The summed E-state index contributed by atoms with van der Waals surface area (Å²) in [5.41, 5.74) is 4.10. The maximum Gasteiger partial charge on any atom is 0.131 e. The summed E-state index contributed by atoms with van der Waals surface area (Å²) < 4.78 is 0. The minimum atomic E-state index is 0.571. The van der Waals surface area contributed by atoms with Gasteiger partial charge in [0, 0.05) is 54.9 Å². The molecule has 2 aliphatic rings. The van der Waals surface area contributed by atoms with Crippen molar-refractivity contribution in [3.05, 3.63) is 65.5 Å². The smallest absolute Gasteiger partial charge is 0.131 e. The lowest BCUT2D eigenvalue weighted by atomic mass is 9.89. The highest BCUT2D eigenvalue weighted by atomic mass is 35.5. The molecule has 4 nitrogen and oxygen atoms in total. The van der Waals surface area contributed by atoms with Crippen molar-refractivity contribution in [1.82, 2.24) is 14.9 Å². The molecule has 1 aliphatic heterocycles. The SMILES string of the molecule is Clc1cccc(N2CCN(C3CC=C(c4c[nH]c5ccccc45)CC3)CC2)n1. The van der Waals surface area contributed by atoms with E-state index in [0.29, 0.717) is 11.2 Å². The third-order valence-corrected chi connectivity index (χ3v) is 6.38. The van der Waals surface area contributed by atoms with Crippen LogP contribution in [0.1, 0.15) is 24.8 Å². The van der Waals surface area contributed by atoms with Gasteiger partial charge in [0.1, 0.15) is 11.0 Å². The number of piperazine rings is 1. The van der Waals surface area contributed by atoms with Crippen LogP contribution < -0.4 is 4.90 Å². The van der Waals surface area contributed by atoms with Crippen molar-refractivity contribution in [2.45, 2.75) is 25.3 Å². The Kier molecular flexibility index (Phi) is 4.83. The number of halogens is 1. The van der Waals surface area contributed by atoms with Crippen LogP contribution in [0.5, 0.6) is 0 Å². The Morgan fingerprint density at radius 3 is 2.64 bits per heavy atom. The van der Waals surface area contributed by atoms with Gasteiger partial charge in [-0.25, -0.2) is 4.98 Å². The molecule has 1 unspecified atom stereocenters. The number of hydrogen-bond donors (Lipinski definition) is 1. The molecular weight excluding hydrogens is 368 g/mol. The fraction of sp³-hybridized carbons (Fsp3) is 0.348. The van der Waals surface area contributed by atoms with Gasteiger partial charge in [0.2, 0.25) is 0 Å². The van der Waals surface area contributed by atoms with Crippen molar-refractivity contribution in [2.75, 3.05) is 31.1 Å². The van der Waals surface area contributed by atoms with Gasteiger partial charge in [-0.2, -0.15) is 0 Å². The Morgan fingerprint density at radius 1 is 1.00 bits per heavy atom. The third kappa shape index (κ3) is 3.43. The molecule has 1 aromatic carbocycles. The Bertz CT molecular complexity index is 1000. The van der Waals surface area contributed by atoms with E-state index in [-0.39, 0.29) is 0 Å². The van der Waals surface area contributed by atoms with Gasteiger partial charge in [-0.05, 0) is 43.0 Å². The normalized spacial score (nSPS) is 21.1. The lowest BCUT2D eigenvalue weighted by Crippen LogP contribution is -2.50. The molecule has 5 rings (SSSR count). The number of anilines is 1. The minimum absolute atomic E-state index is 0.571. The van der Waals surface area contributed by atoms with Crippen LogP contribution in [0.4, 0.5) is 5.82 Å². The highest BCUT2D eigenvalue weighted by Gasteiger charge is 2.26. The zero-order valence-electron chi connectivity index (χ0n) is 15.9. The van der Waals surface area contributed by atoms with Crippen molar-refractivity contribution in [3.63, 3.8) is 0 Å². The highest BCUT2D eigenvalue weighted by Crippen LogP contribution is 2.33. The summed E-state index contributed by atoms with van der Waals surface area (Å²) in [5, 5.41) is 1.91. The summed E-state index contributed by atoms with van der Waals surface area (Å²) in [6.45, 7) is 4.22. The first kappa shape index (κ1) is 17.8. The molecule has 5 heteroatoms. The average Bonchev–Trinajstić information content (AvgIpc) is 3.18. The van der Waals surface area contributed by atoms with E-state index in [1.165, 1.54) is 28.5 Å². The predicted octanol–water partition coefficient (Wildman–Crippen LogP) is 4.97. The van der Waals surface area contributed by atoms with Gasteiger partial charge in [-0.3, -0.25) is 4.90 Å². The molecule has 1 N–H and O–H groups in total. The second kappa shape index (κ2) is 7.61. The molecule has 1 atom stereocenters. The molecule has 3 aromatic rings. The van der Waals surface area contributed by atoms with E-state index in [9.17, 15) is 0 Å². The molecule has 2 aromatic heterocycles. The van der Waals surface area contributed by atoms with E-state index in [2.05, 4.69) is 62.4 Å². The van der Waals surface area contributed by atoms with E-state index in [0.717, 1.165) is 44.8 Å². The van der Waals surface area contributed by atoms with Crippen LogP contribution in [0.2, 0.25) is 5.15 Å². The zero-order chi connectivity index (χ0) is 18.9. The van der Waals surface area contributed by atoms with E-state index in [4.69, 9.17) is 11.6 Å². The summed E-state index contributed by atoms with van der Waals surface area (Å²) in [5.74, 6) is 0.998. The number of benzene rings is 1. The summed E-state index contributed by atoms with van der Waals surface area (Å²) in [7, 11) is 0. The first-order valence-corrected chi connectivity index (χ1v) is 10.5. The van der Waals surface area contributed by atoms with E-state index >= 15 is 0 Å². The van der Waals surface area contributed by atoms with Crippen molar-refractivity contribution < 1.29 is 0 Å². The number of nitrogens with one attached hydrogen (secondary N) is 1. The van der Waals surface area contributed by atoms with Gasteiger partial charge >= 0.3 is 0 Å². The molecule has 0 bridgehead atoms. The van der Waals surface area contributed by atoms with Crippen LogP contribution in [0.15, 0.2) is 54.7 Å². The number of nitrogens with zero attached hydrogens (tertiary/aromatic N) is 3. The number of pyridine rings is 1. The fourth-order valence-electron chi connectivity index (χ4n) is 4.62. The Morgan fingerprint density at radius 2 is 1.86 bits per heavy atom. The van der Waals surface area contributed by atoms with Gasteiger partial charge in [0.05, 0.1) is 0 Å². The molecule has 0 saturated carbocycles. The van der Waals surface area contributed by atoms with Gasteiger partial charge in [-0.1, -0.05) is 41.9 Å². The van der Waals surface area contributed by atoms with Crippen LogP contribution in [0.25, 0.3) is 16.5 Å². The van der Waals surface area contributed by atoms with Gasteiger partial charge in [0.25, 0.3) is 0 Å². The molecule has 144 valence electrons. The number of allylic oxidation sites excluding steroid dienone is 1. The molecule has 3 heterocycles. The topological polar surface area (TPSA) is 35.2 Å². The summed E-state index contributed by atoms with van der Waals surface area (Å²) >= 11 is 6.05. The van der Waals surface area contributed by atoms with Crippen LogP contribution in [-0.4, -0.2) is 47.1 Å². The van der Waals surface area contributed by atoms with Crippen molar-refractivity contribution >= 4 is 33.9 Å². The Labute approximate surface area is 170 Å². The first-order valence-electron chi connectivity index (χ1n) is 10.1. The lowest BCUT2D eigenvalue weighted by molar-refractivity contribution is 0.175. The molecule has 28 heavy (non-hydrogen) atoms. The standard InChI is InChI=1S/C23H25ClN4/c24-22-6-3-7-23(26-22)28-14-12-27(13-15-28)18-10-8-17(9-11-18)20-16-25-21-5-2-1-4-19(20)21/h1-8,16,18,25H,9-15H2. The second-order valence-corrected chi connectivity index (χ2v) is 8.13. The number of aromatic nitrogens is 2. The first-order chi connectivity index (χ1) is 13.8. The quantitative estimate of drug-likeness (QED) is 0.639. The molecule has 0 amide bonds. The number of hydrogen-bond acceptors (Lipinski definition) is 3. The summed E-state index contributed by atoms with van der Waals surface area (Å²) in [4.78, 5) is 12.9.